The maximum Gasteiger partial charge on any atom is 0.317 e. The largest absolute Gasteiger partial charge is 0.454 e. The molecule has 0 fully saturated rings. The van der Waals surface area contributed by atoms with Crippen molar-refractivity contribution in [1.82, 2.24) is 9.97 Å². The lowest BCUT2D eigenvalue weighted by Gasteiger charge is -1.98. The number of halogens is 1. The molecule has 0 spiro atoms. The molecule has 3 rings (SSSR count). The number of nitrogens with two attached hydrogens (primary N) is 1. The van der Waals surface area contributed by atoms with Gasteiger partial charge in [-0.2, -0.15) is 0 Å². The van der Waals surface area contributed by atoms with Crippen molar-refractivity contribution in [3.8, 4) is 11.5 Å². The SMILES string of the molecule is Nc1ncc([N+](=O)[O-])c(-c2cc3cc(F)ccc3o2)n1. The van der Waals surface area contributed by atoms with Gasteiger partial charge in [0.2, 0.25) is 5.95 Å². The molecule has 0 bridgehead atoms. The van der Waals surface area contributed by atoms with Crippen LogP contribution >= 0.6 is 0 Å². The normalized spacial score (nSPS) is 10.8. The van der Waals surface area contributed by atoms with Crippen LogP contribution < -0.4 is 5.73 Å². The number of nitrogen functional groups attached to an aromatic ring is 1. The van der Waals surface area contributed by atoms with E-state index in [0.717, 1.165) is 6.20 Å². The summed E-state index contributed by atoms with van der Waals surface area (Å²) in [6, 6.07) is 5.40. The number of hydrogen-bond donors (Lipinski definition) is 1. The lowest BCUT2D eigenvalue weighted by Crippen LogP contribution is -2.00. The van der Waals surface area contributed by atoms with E-state index in [2.05, 4.69) is 9.97 Å². The highest BCUT2D eigenvalue weighted by molar-refractivity contribution is 5.83. The van der Waals surface area contributed by atoms with Gasteiger partial charge in [0.15, 0.2) is 11.5 Å². The number of nitro groups is 1. The predicted molar refractivity (Wildman–Crippen MR) is 68.3 cm³/mol. The van der Waals surface area contributed by atoms with Gasteiger partial charge in [0.05, 0.1) is 4.92 Å². The van der Waals surface area contributed by atoms with Crippen LogP contribution in [-0.2, 0) is 0 Å². The van der Waals surface area contributed by atoms with Gasteiger partial charge in [0, 0.05) is 5.39 Å². The van der Waals surface area contributed by atoms with E-state index in [-0.39, 0.29) is 23.1 Å². The fourth-order valence-electron chi connectivity index (χ4n) is 1.83. The minimum Gasteiger partial charge on any atom is -0.454 e. The van der Waals surface area contributed by atoms with Crippen molar-refractivity contribution in [2.24, 2.45) is 0 Å². The number of hydrogen-bond acceptors (Lipinski definition) is 6. The van der Waals surface area contributed by atoms with Crippen LogP contribution in [0.5, 0.6) is 0 Å². The molecular formula is C12H7FN4O3. The summed E-state index contributed by atoms with van der Waals surface area (Å²) in [5.41, 5.74) is 5.46. The predicted octanol–water partition coefficient (Wildman–Crippen LogP) is 2.52. The molecular weight excluding hydrogens is 267 g/mol. The maximum atomic E-state index is 13.1. The maximum absolute atomic E-state index is 13.1. The first-order valence-electron chi connectivity index (χ1n) is 5.51. The number of nitrogens with zero attached hydrogens (tertiary/aromatic N) is 3. The van der Waals surface area contributed by atoms with Gasteiger partial charge in [-0.15, -0.1) is 0 Å². The zero-order valence-corrected chi connectivity index (χ0v) is 9.91. The summed E-state index contributed by atoms with van der Waals surface area (Å²) in [5, 5.41) is 11.4. The summed E-state index contributed by atoms with van der Waals surface area (Å²) >= 11 is 0. The molecule has 100 valence electrons. The Balaban J connectivity index is 2.24. The lowest BCUT2D eigenvalue weighted by molar-refractivity contribution is -0.384. The molecule has 0 saturated carbocycles. The van der Waals surface area contributed by atoms with Crippen molar-refractivity contribution < 1.29 is 13.7 Å². The van der Waals surface area contributed by atoms with Crippen LogP contribution in [0.3, 0.4) is 0 Å². The zero-order chi connectivity index (χ0) is 14.3. The van der Waals surface area contributed by atoms with Crippen molar-refractivity contribution in [2.75, 3.05) is 5.73 Å². The summed E-state index contributed by atoms with van der Waals surface area (Å²) in [5.74, 6) is -0.412. The number of aromatic nitrogens is 2. The first-order chi connectivity index (χ1) is 9.54. The second-order valence-electron chi connectivity index (χ2n) is 4.01. The molecule has 20 heavy (non-hydrogen) atoms. The van der Waals surface area contributed by atoms with Gasteiger partial charge >= 0.3 is 5.69 Å². The highest BCUT2D eigenvalue weighted by atomic mass is 19.1. The van der Waals surface area contributed by atoms with E-state index in [4.69, 9.17) is 10.2 Å². The van der Waals surface area contributed by atoms with Gasteiger partial charge in [-0.3, -0.25) is 10.1 Å². The number of furan rings is 1. The van der Waals surface area contributed by atoms with Crippen LogP contribution in [0.25, 0.3) is 22.4 Å². The van der Waals surface area contributed by atoms with Crippen LogP contribution in [-0.4, -0.2) is 14.9 Å². The number of benzene rings is 1. The van der Waals surface area contributed by atoms with Crippen molar-refractivity contribution in [3.05, 3.63) is 46.4 Å². The third-order valence-corrected chi connectivity index (χ3v) is 2.70. The van der Waals surface area contributed by atoms with E-state index in [9.17, 15) is 14.5 Å². The zero-order valence-electron chi connectivity index (χ0n) is 9.91. The molecule has 0 aliphatic carbocycles. The summed E-state index contributed by atoms with van der Waals surface area (Å²) in [4.78, 5) is 17.7. The molecule has 0 radical (unpaired) electrons. The highest BCUT2D eigenvalue weighted by Gasteiger charge is 2.21. The molecule has 8 heteroatoms. The van der Waals surface area contributed by atoms with Gasteiger partial charge in [-0.1, -0.05) is 0 Å². The van der Waals surface area contributed by atoms with E-state index in [1.54, 1.807) is 0 Å². The Bertz CT molecular complexity index is 831. The number of fused-ring (bicyclic) bond motifs is 1. The van der Waals surface area contributed by atoms with Crippen molar-refractivity contribution in [3.63, 3.8) is 0 Å². The molecule has 2 N–H and O–H groups in total. The van der Waals surface area contributed by atoms with Crippen LogP contribution in [0.15, 0.2) is 34.9 Å². The van der Waals surface area contributed by atoms with E-state index in [1.165, 1.54) is 24.3 Å². The Labute approximate surface area is 111 Å². The highest BCUT2D eigenvalue weighted by Crippen LogP contribution is 2.32. The average molecular weight is 274 g/mol. The summed E-state index contributed by atoms with van der Waals surface area (Å²) in [6.07, 6.45) is 1.01. The third kappa shape index (κ3) is 1.92. The number of rotatable bonds is 2. The first-order valence-corrected chi connectivity index (χ1v) is 5.51. The molecule has 7 nitrogen and oxygen atoms in total. The molecule has 0 aliphatic rings. The molecule has 0 atom stereocenters. The van der Waals surface area contributed by atoms with E-state index < -0.39 is 10.7 Å². The van der Waals surface area contributed by atoms with Gasteiger partial charge < -0.3 is 10.2 Å². The topological polar surface area (TPSA) is 108 Å². The molecule has 0 amide bonds. The standard InChI is InChI=1S/C12H7FN4O3/c13-7-1-2-9-6(3-7)4-10(20-9)11-8(17(18)19)5-15-12(14)16-11/h1-5H,(H2,14,15,16). The molecule has 0 unspecified atom stereocenters. The Morgan fingerprint density at radius 2 is 2.15 bits per heavy atom. The Morgan fingerprint density at radius 3 is 2.90 bits per heavy atom. The minimum absolute atomic E-state index is 0.0425. The molecule has 1 aromatic carbocycles. The van der Waals surface area contributed by atoms with Gasteiger partial charge in [0.25, 0.3) is 0 Å². The Morgan fingerprint density at radius 1 is 1.35 bits per heavy atom. The average Bonchev–Trinajstić information content (AvgIpc) is 2.81. The van der Waals surface area contributed by atoms with Crippen molar-refractivity contribution in [1.29, 1.82) is 0 Å². The molecule has 0 saturated heterocycles. The van der Waals surface area contributed by atoms with Gasteiger partial charge in [0.1, 0.15) is 17.6 Å². The number of anilines is 1. The smallest absolute Gasteiger partial charge is 0.317 e. The quantitative estimate of drug-likeness (QED) is 0.568. The first kappa shape index (κ1) is 12.0. The Kier molecular flexibility index (Phi) is 2.56. The van der Waals surface area contributed by atoms with E-state index in [0.29, 0.717) is 11.0 Å². The molecule has 0 aliphatic heterocycles. The summed E-state index contributed by atoms with van der Waals surface area (Å²) in [7, 11) is 0. The fourth-order valence-corrected chi connectivity index (χ4v) is 1.83. The third-order valence-electron chi connectivity index (χ3n) is 2.70. The molecule has 3 aromatic rings. The van der Waals surface area contributed by atoms with Gasteiger partial charge in [-0.05, 0) is 24.3 Å². The lowest BCUT2D eigenvalue weighted by atomic mass is 10.2. The van der Waals surface area contributed by atoms with Gasteiger partial charge in [-0.25, -0.2) is 14.4 Å². The summed E-state index contributed by atoms with van der Waals surface area (Å²) in [6.45, 7) is 0. The second kappa shape index (κ2) is 4.26. The van der Waals surface area contributed by atoms with E-state index >= 15 is 0 Å². The Hall–Kier alpha value is -3.03. The van der Waals surface area contributed by atoms with Crippen LogP contribution in [0.2, 0.25) is 0 Å². The van der Waals surface area contributed by atoms with Crippen molar-refractivity contribution in [2.45, 2.75) is 0 Å². The van der Waals surface area contributed by atoms with Crippen LogP contribution in [0, 0.1) is 15.9 Å². The fraction of sp³-hybridized carbons (Fsp3) is 0. The monoisotopic (exact) mass is 274 g/mol. The minimum atomic E-state index is -0.636. The summed E-state index contributed by atoms with van der Waals surface area (Å²) < 4.78 is 18.6. The van der Waals surface area contributed by atoms with E-state index in [1.807, 2.05) is 0 Å². The van der Waals surface area contributed by atoms with Crippen LogP contribution in [0.1, 0.15) is 0 Å². The molecule has 2 heterocycles. The van der Waals surface area contributed by atoms with Crippen molar-refractivity contribution >= 4 is 22.6 Å². The second-order valence-corrected chi connectivity index (χ2v) is 4.01. The van der Waals surface area contributed by atoms with Crippen LogP contribution in [0.4, 0.5) is 16.0 Å². The molecule has 2 aromatic heterocycles.